The van der Waals surface area contributed by atoms with E-state index >= 15 is 0 Å². The number of aromatic nitrogens is 2. The van der Waals surface area contributed by atoms with E-state index in [0.717, 1.165) is 5.56 Å². The number of carbonyl (C=O) groups excluding carboxylic acids is 2. The van der Waals surface area contributed by atoms with Crippen molar-refractivity contribution in [1.82, 2.24) is 10.1 Å². The lowest BCUT2D eigenvalue weighted by Gasteiger charge is -2.16. The molecule has 0 saturated heterocycles. The first kappa shape index (κ1) is 21.3. The Morgan fingerprint density at radius 1 is 1.13 bits per heavy atom. The van der Waals surface area contributed by atoms with Crippen LogP contribution in [-0.4, -0.2) is 35.8 Å². The van der Waals surface area contributed by atoms with E-state index in [1.54, 1.807) is 62.5 Å². The summed E-state index contributed by atoms with van der Waals surface area (Å²) >= 11 is 5.87. The topological polar surface area (TPSA) is 97.6 Å². The number of hydrogen-bond acceptors (Lipinski definition) is 6. The molecule has 0 fully saturated rings. The van der Waals surface area contributed by atoms with Crippen LogP contribution in [0.1, 0.15) is 19.2 Å². The van der Waals surface area contributed by atoms with E-state index in [1.165, 1.54) is 4.90 Å². The standard InChI is InChI=1S/C21H21ClN4O4/c1-3-29-21(28)26(2)17-10-8-16(9-11-17)23-18(27)12-13-19-24-20(25-30-19)14-4-6-15(22)7-5-14/h4-11H,3,12-13H2,1-2H3,(H,23,27). The van der Waals surface area contributed by atoms with E-state index in [-0.39, 0.29) is 12.3 Å². The van der Waals surface area contributed by atoms with Gasteiger partial charge in [0.2, 0.25) is 17.6 Å². The van der Waals surface area contributed by atoms with Crippen LogP contribution in [0.2, 0.25) is 5.02 Å². The molecule has 0 saturated carbocycles. The van der Waals surface area contributed by atoms with Crippen molar-refractivity contribution in [2.75, 3.05) is 23.9 Å². The van der Waals surface area contributed by atoms with Crippen molar-refractivity contribution in [3.8, 4) is 11.4 Å². The molecular weight excluding hydrogens is 408 g/mol. The highest BCUT2D eigenvalue weighted by Gasteiger charge is 2.13. The molecule has 0 aliphatic rings. The second-order valence-electron chi connectivity index (χ2n) is 6.37. The first-order valence-electron chi connectivity index (χ1n) is 9.35. The third-order valence-corrected chi connectivity index (χ3v) is 4.47. The third kappa shape index (κ3) is 5.57. The molecule has 1 N–H and O–H groups in total. The predicted octanol–water partition coefficient (Wildman–Crippen LogP) is 4.55. The predicted molar refractivity (Wildman–Crippen MR) is 114 cm³/mol. The Kier molecular flexibility index (Phi) is 7.03. The average molecular weight is 429 g/mol. The van der Waals surface area contributed by atoms with Gasteiger partial charge < -0.3 is 14.6 Å². The van der Waals surface area contributed by atoms with Crippen LogP contribution in [0.4, 0.5) is 16.2 Å². The van der Waals surface area contributed by atoms with E-state index in [9.17, 15) is 9.59 Å². The zero-order valence-corrected chi connectivity index (χ0v) is 17.3. The highest BCUT2D eigenvalue weighted by Crippen LogP contribution is 2.20. The molecule has 1 heterocycles. The maximum atomic E-state index is 12.2. The second kappa shape index (κ2) is 9.89. The van der Waals surface area contributed by atoms with Crippen molar-refractivity contribution in [3.63, 3.8) is 0 Å². The molecule has 3 aromatic rings. The van der Waals surface area contributed by atoms with Gasteiger partial charge in [0, 0.05) is 41.9 Å². The smallest absolute Gasteiger partial charge is 0.413 e. The second-order valence-corrected chi connectivity index (χ2v) is 6.81. The van der Waals surface area contributed by atoms with Crippen LogP contribution in [0.3, 0.4) is 0 Å². The molecule has 0 atom stereocenters. The number of hydrogen-bond donors (Lipinski definition) is 1. The molecular formula is C21H21ClN4O4. The zero-order valence-electron chi connectivity index (χ0n) is 16.6. The Balaban J connectivity index is 1.51. The van der Waals surface area contributed by atoms with Gasteiger partial charge in [0.25, 0.3) is 0 Å². The molecule has 30 heavy (non-hydrogen) atoms. The zero-order chi connectivity index (χ0) is 21.5. The summed E-state index contributed by atoms with van der Waals surface area (Å²) in [5.74, 6) is 0.637. The summed E-state index contributed by atoms with van der Waals surface area (Å²) in [6.07, 6.45) is 0.0647. The number of halogens is 1. The Hall–Kier alpha value is -3.39. The maximum Gasteiger partial charge on any atom is 0.413 e. The molecule has 3 rings (SSSR count). The van der Waals surface area contributed by atoms with Crippen molar-refractivity contribution in [2.24, 2.45) is 0 Å². The summed E-state index contributed by atoms with van der Waals surface area (Å²) in [6, 6.07) is 14.0. The number of benzene rings is 2. The number of carbonyl (C=O) groups is 2. The van der Waals surface area contributed by atoms with Crippen LogP contribution in [0.15, 0.2) is 53.1 Å². The minimum Gasteiger partial charge on any atom is -0.449 e. The molecule has 0 radical (unpaired) electrons. The Morgan fingerprint density at radius 3 is 2.50 bits per heavy atom. The minimum absolute atomic E-state index is 0.187. The van der Waals surface area contributed by atoms with Gasteiger partial charge in [-0.25, -0.2) is 4.79 Å². The van der Waals surface area contributed by atoms with Gasteiger partial charge in [-0.15, -0.1) is 0 Å². The van der Waals surface area contributed by atoms with Gasteiger partial charge in [0.05, 0.1) is 6.61 Å². The number of nitrogens with one attached hydrogen (secondary N) is 1. The fourth-order valence-corrected chi connectivity index (χ4v) is 2.74. The lowest BCUT2D eigenvalue weighted by atomic mass is 10.2. The molecule has 1 aromatic heterocycles. The van der Waals surface area contributed by atoms with Crippen molar-refractivity contribution in [2.45, 2.75) is 19.8 Å². The largest absolute Gasteiger partial charge is 0.449 e. The van der Waals surface area contributed by atoms with Gasteiger partial charge in [-0.1, -0.05) is 16.8 Å². The highest BCUT2D eigenvalue weighted by atomic mass is 35.5. The van der Waals surface area contributed by atoms with Crippen LogP contribution in [0.25, 0.3) is 11.4 Å². The quantitative estimate of drug-likeness (QED) is 0.592. The summed E-state index contributed by atoms with van der Waals surface area (Å²) in [6.45, 7) is 2.05. The minimum atomic E-state index is -0.438. The van der Waals surface area contributed by atoms with Crippen LogP contribution < -0.4 is 10.2 Å². The number of ether oxygens (including phenoxy) is 1. The van der Waals surface area contributed by atoms with Crippen molar-refractivity contribution in [3.05, 3.63) is 59.4 Å². The molecule has 0 unspecified atom stereocenters. The molecule has 0 bridgehead atoms. The van der Waals surface area contributed by atoms with Crippen LogP contribution in [0, 0.1) is 0 Å². The van der Waals surface area contributed by atoms with E-state index in [1.807, 2.05) is 0 Å². The molecule has 2 amide bonds. The summed E-state index contributed by atoms with van der Waals surface area (Å²) in [7, 11) is 1.62. The summed E-state index contributed by atoms with van der Waals surface area (Å²) in [5.41, 5.74) is 2.06. The number of nitrogens with zero attached hydrogens (tertiary/aromatic N) is 3. The monoisotopic (exact) mass is 428 g/mol. The van der Waals surface area contributed by atoms with Gasteiger partial charge in [0.1, 0.15) is 0 Å². The fraction of sp³-hybridized carbons (Fsp3) is 0.238. The molecule has 0 aliphatic carbocycles. The first-order chi connectivity index (χ1) is 14.5. The molecule has 0 spiro atoms. The number of anilines is 2. The summed E-state index contributed by atoms with van der Waals surface area (Å²) < 4.78 is 10.2. The normalized spacial score (nSPS) is 10.5. The Bertz CT molecular complexity index is 1000. The number of amides is 2. The summed E-state index contributed by atoms with van der Waals surface area (Å²) in [4.78, 5) is 29.6. The van der Waals surface area contributed by atoms with Crippen molar-refractivity contribution in [1.29, 1.82) is 0 Å². The van der Waals surface area contributed by atoms with Gasteiger partial charge in [0.15, 0.2) is 0 Å². The SMILES string of the molecule is CCOC(=O)N(C)c1ccc(NC(=O)CCc2nc(-c3ccc(Cl)cc3)no2)cc1. The van der Waals surface area contributed by atoms with Crippen LogP contribution in [0.5, 0.6) is 0 Å². The third-order valence-electron chi connectivity index (χ3n) is 4.22. The number of aryl methyl sites for hydroxylation is 1. The lowest BCUT2D eigenvalue weighted by Crippen LogP contribution is -2.26. The average Bonchev–Trinajstić information content (AvgIpc) is 3.22. The van der Waals surface area contributed by atoms with Crippen LogP contribution in [-0.2, 0) is 16.0 Å². The first-order valence-corrected chi connectivity index (χ1v) is 9.73. The number of rotatable bonds is 7. The maximum absolute atomic E-state index is 12.2. The lowest BCUT2D eigenvalue weighted by molar-refractivity contribution is -0.116. The molecule has 8 nitrogen and oxygen atoms in total. The van der Waals surface area contributed by atoms with Gasteiger partial charge in [-0.05, 0) is 55.5 Å². The van der Waals surface area contributed by atoms with Crippen molar-refractivity contribution >= 4 is 35.0 Å². The van der Waals surface area contributed by atoms with Gasteiger partial charge >= 0.3 is 6.09 Å². The molecule has 0 aliphatic heterocycles. The van der Waals surface area contributed by atoms with Gasteiger partial charge in [-0.2, -0.15) is 4.98 Å². The van der Waals surface area contributed by atoms with Crippen molar-refractivity contribution < 1.29 is 18.8 Å². The van der Waals surface area contributed by atoms with E-state index in [2.05, 4.69) is 15.5 Å². The van der Waals surface area contributed by atoms with E-state index in [0.29, 0.717) is 41.1 Å². The Labute approximate surface area is 178 Å². The van der Waals surface area contributed by atoms with E-state index in [4.69, 9.17) is 20.9 Å². The van der Waals surface area contributed by atoms with Gasteiger partial charge in [-0.3, -0.25) is 9.69 Å². The molecule has 156 valence electrons. The fourth-order valence-electron chi connectivity index (χ4n) is 2.61. The Morgan fingerprint density at radius 2 is 1.83 bits per heavy atom. The van der Waals surface area contributed by atoms with Crippen LogP contribution >= 0.6 is 11.6 Å². The molecule has 2 aromatic carbocycles. The van der Waals surface area contributed by atoms with E-state index < -0.39 is 6.09 Å². The molecule has 9 heteroatoms. The summed E-state index contributed by atoms with van der Waals surface area (Å²) in [5, 5.41) is 7.35. The highest BCUT2D eigenvalue weighted by molar-refractivity contribution is 6.30.